The molecule has 3 atom stereocenters. The highest BCUT2D eigenvalue weighted by molar-refractivity contribution is 8.01. The van der Waals surface area contributed by atoms with Crippen molar-refractivity contribution in [2.75, 3.05) is 6.54 Å². The van der Waals surface area contributed by atoms with Gasteiger partial charge < -0.3 is 5.32 Å². The molecule has 0 aromatic carbocycles. The number of hydrogen-bond acceptors (Lipinski definition) is 5. The van der Waals surface area contributed by atoms with Crippen LogP contribution in [0.1, 0.15) is 52.3 Å². The van der Waals surface area contributed by atoms with Crippen LogP contribution in [0.4, 0.5) is 0 Å². The summed E-state index contributed by atoms with van der Waals surface area (Å²) in [4.78, 5) is 4.61. The van der Waals surface area contributed by atoms with Crippen molar-refractivity contribution in [3.63, 3.8) is 0 Å². The van der Waals surface area contributed by atoms with Crippen molar-refractivity contribution >= 4 is 23.3 Å². The lowest BCUT2D eigenvalue weighted by Gasteiger charge is -2.34. The molecule has 0 spiro atoms. The molecule has 0 bridgehead atoms. The van der Waals surface area contributed by atoms with Gasteiger partial charge in [-0.3, -0.25) is 0 Å². The van der Waals surface area contributed by atoms with Crippen LogP contribution in [0.25, 0.3) is 0 Å². The summed E-state index contributed by atoms with van der Waals surface area (Å²) in [6, 6.07) is 0.648. The zero-order chi connectivity index (χ0) is 13.7. The first-order chi connectivity index (χ1) is 9.22. The Balaban J connectivity index is 1.96. The van der Waals surface area contributed by atoms with E-state index in [0.29, 0.717) is 11.3 Å². The molecule has 1 heterocycles. The topological polar surface area (TPSA) is 37.8 Å². The van der Waals surface area contributed by atoms with E-state index in [1.165, 1.54) is 25.7 Å². The second kappa shape index (κ2) is 7.60. The predicted molar refractivity (Wildman–Crippen MR) is 84.0 cm³/mol. The highest BCUT2D eigenvalue weighted by Gasteiger charge is 2.29. The molecule has 1 fully saturated rings. The molecule has 1 aromatic heterocycles. The van der Waals surface area contributed by atoms with Gasteiger partial charge in [0.2, 0.25) is 0 Å². The van der Waals surface area contributed by atoms with Crippen LogP contribution in [0.2, 0.25) is 0 Å². The standard InChI is InChI=1S/C14H25N3S2/c1-4-8-15-11-7-6-10(3)9-12(11)18-14-16-13(5-2)17-19-14/h10-12,15H,4-9H2,1-3H3. The molecule has 108 valence electrons. The Morgan fingerprint density at radius 2 is 2.21 bits per heavy atom. The molecule has 3 unspecified atom stereocenters. The van der Waals surface area contributed by atoms with Crippen molar-refractivity contribution < 1.29 is 0 Å². The largest absolute Gasteiger partial charge is 0.313 e. The van der Waals surface area contributed by atoms with Crippen molar-refractivity contribution in [2.45, 2.75) is 68.5 Å². The summed E-state index contributed by atoms with van der Waals surface area (Å²) in [6.45, 7) is 7.86. The maximum Gasteiger partial charge on any atom is 0.170 e. The van der Waals surface area contributed by atoms with Gasteiger partial charge in [0.1, 0.15) is 5.82 Å². The number of aryl methyl sites for hydroxylation is 1. The molecule has 0 radical (unpaired) electrons. The molecule has 0 amide bonds. The fourth-order valence-electron chi connectivity index (χ4n) is 2.58. The molecular formula is C14H25N3S2. The molecule has 5 heteroatoms. The Kier molecular flexibility index (Phi) is 6.10. The number of thioether (sulfide) groups is 1. The van der Waals surface area contributed by atoms with Gasteiger partial charge in [-0.15, -0.1) is 0 Å². The van der Waals surface area contributed by atoms with Crippen LogP contribution >= 0.6 is 23.3 Å². The second-order valence-electron chi connectivity index (χ2n) is 5.47. The van der Waals surface area contributed by atoms with Gasteiger partial charge in [-0.2, -0.15) is 4.37 Å². The summed E-state index contributed by atoms with van der Waals surface area (Å²) in [5, 5.41) is 4.38. The first kappa shape index (κ1) is 15.3. The van der Waals surface area contributed by atoms with Crippen molar-refractivity contribution in [2.24, 2.45) is 5.92 Å². The fraction of sp³-hybridized carbons (Fsp3) is 0.857. The number of rotatable bonds is 6. The van der Waals surface area contributed by atoms with Crippen molar-refractivity contribution in [3.8, 4) is 0 Å². The summed E-state index contributed by atoms with van der Waals surface area (Å²) in [5.74, 6) is 1.84. The Morgan fingerprint density at radius 1 is 1.37 bits per heavy atom. The lowest BCUT2D eigenvalue weighted by Crippen LogP contribution is -2.42. The van der Waals surface area contributed by atoms with Crippen LogP contribution in [0, 0.1) is 5.92 Å². The average molecular weight is 300 g/mol. The maximum absolute atomic E-state index is 4.61. The Morgan fingerprint density at radius 3 is 2.89 bits per heavy atom. The summed E-state index contributed by atoms with van der Waals surface area (Å²) < 4.78 is 5.55. The third-order valence-corrected chi connectivity index (χ3v) is 5.91. The van der Waals surface area contributed by atoms with Crippen LogP contribution in [0.3, 0.4) is 0 Å². The van der Waals surface area contributed by atoms with Gasteiger partial charge in [-0.05, 0) is 49.7 Å². The number of aromatic nitrogens is 2. The van der Waals surface area contributed by atoms with Gasteiger partial charge >= 0.3 is 0 Å². The Bertz CT molecular complexity index is 379. The smallest absolute Gasteiger partial charge is 0.170 e. The van der Waals surface area contributed by atoms with E-state index in [9.17, 15) is 0 Å². The molecule has 1 aliphatic rings. The molecular weight excluding hydrogens is 274 g/mol. The van der Waals surface area contributed by atoms with E-state index >= 15 is 0 Å². The van der Waals surface area contributed by atoms with Gasteiger partial charge in [-0.1, -0.05) is 32.5 Å². The van der Waals surface area contributed by atoms with E-state index in [-0.39, 0.29) is 0 Å². The van der Waals surface area contributed by atoms with Crippen LogP contribution < -0.4 is 5.32 Å². The minimum atomic E-state index is 0.648. The van der Waals surface area contributed by atoms with Crippen LogP contribution in [0.5, 0.6) is 0 Å². The minimum absolute atomic E-state index is 0.648. The summed E-state index contributed by atoms with van der Waals surface area (Å²) in [7, 11) is 0. The highest BCUT2D eigenvalue weighted by Crippen LogP contribution is 2.37. The highest BCUT2D eigenvalue weighted by atomic mass is 32.2. The van der Waals surface area contributed by atoms with Gasteiger partial charge in [0, 0.05) is 17.7 Å². The van der Waals surface area contributed by atoms with Crippen molar-refractivity contribution in [3.05, 3.63) is 5.82 Å². The Labute approximate surface area is 125 Å². The van der Waals surface area contributed by atoms with Crippen LogP contribution in [-0.4, -0.2) is 27.2 Å². The molecule has 3 nitrogen and oxygen atoms in total. The second-order valence-corrected chi connectivity index (χ2v) is 7.70. The minimum Gasteiger partial charge on any atom is -0.313 e. The van der Waals surface area contributed by atoms with E-state index in [4.69, 9.17) is 0 Å². The number of hydrogen-bond donors (Lipinski definition) is 1. The zero-order valence-electron chi connectivity index (χ0n) is 12.2. The number of nitrogens with zero attached hydrogens (tertiary/aromatic N) is 2. The van der Waals surface area contributed by atoms with E-state index in [1.54, 1.807) is 11.5 Å². The molecule has 19 heavy (non-hydrogen) atoms. The van der Waals surface area contributed by atoms with E-state index in [2.05, 4.69) is 35.4 Å². The van der Waals surface area contributed by atoms with Crippen molar-refractivity contribution in [1.29, 1.82) is 0 Å². The van der Waals surface area contributed by atoms with E-state index in [1.807, 2.05) is 11.8 Å². The molecule has 0 aliphatic heterocycles. The maximum atomic E-state index is 4.61. The fourth-order valence-corrected chi connectivity index (χ4v) is 4.97. The first-order valence-corrected chi connectivity index (χ1v) is 9.10. The van der Waals surface area contributed by atoms with E-state index in [0.717, 1.165) is 29.0 Å². The van der Waals surface area contributed by atoms with Crippen LogP contribution in [-0.2, 0) is 6.42 Å². The molecule has 1 saturated carbocycles. The predicted octanol–water partition coefficient (Wildman–Crippen LogP) is 3.75. The normalized spacial score (nSPS) is 27.6. The molecule has 1 aliphatic carbocycles. The summed E-state index contributed by atoms with van der Waals surface area (Å²) in [6.07, 6.45) is 6.11. The average Bonchev–Trinajstić information content (AvgIpc) is 2.85. The van der Waals surface area contributed by atoms with Gasteiger partial charge in [-0.25, -0.2) is 4.98 Å². The quantitative estimate of drug-likeness (QED) is 0.868. The SMILES string of the molecule is CCCNC1CCC(C)CC1Sc1nc(CC)ns1. The van der Waals surface area contributed by atoms with Crippen LogP contribution in [0.15, 0.2) is 4.34 Å². The third kappa shape index (κ3) is 4.43. The van der Waals surface area contributed by atoms with Gasteiger partial charge in [0.25, 0.3) is 0 Å². The molecule has 1 N–H and O–H groups in total. The third-order valence-electron chi connectivity index (χ3n) is 3.73. The first-order valence-electron chi connectivity index (χ1n) is 7.45. The number of nitrogens with one attached hydrogen (secondary N) is 1. The summed E-state index contributed by atoms with van der Waals surface area (Å²) in [5.41, 5.74) is 0. The lowest BCUT2D eigenvalue weighted by atomic mass is 9.87. The van der Waals surface area contributed by atoms with Gasteiger partial charge in [0.05, 0.1) is 0 Å². The lowest BCUT2D eigenvalue weighted by molar-refractivity contribution is 0.317. The van der Waals surface area contributed by atoms with Gasteiger partial charge in [0.15, 0.2) is 4.34 Å². The molecule has 2 rings (SSSR count). The molecule has 1 aromatic rings. The monoisotopic (exact) mass is 299 g/mol. The Hall–Kier alpha value is -0.130. The molecule has 0 saturated heterocycles. The van der Waals surface area contributed by atoms with E-state index < -0.39 is 0 Å². The summed E-state index contributed by atoms with van der Waals surface area (Å²) >= 11 is 3.51. The zero-order valence-corrected chi connectivity index (χ0v) is 13.8. The van der Waals surface area contributed by atoms with Crippen molar-refractivity contribution in [1.82, 2.24) is 14.7 Å².